The maximum absolute atomic E-state index is 12.4. The highest BCUT2D eigenvalue weighted by molar-refractivity contribution is 5.93. The number of benzene rings is 2. The lowest BCUT2D eigenvalue weighted by atomic mass is 9.68. The van der Waals surface area contributed by atoms with Crippen LogP contribution >= 0.6 is 0 Å². The van der Waals surface area contributed by atoms with Crippen molar-refractivity contribution < 1.29 is 24.2 Å². The number of piperidine rings is 1. The van der Waals surface area contributed by atoms with E-state index >= 15 is 0 Å². The minimum Gasteiger partial charge on any atom is -0.508 e. The largest absolute Gasteiger partial charge is 0.508 e. The van der Waals surface area contributed by atoms with Crippen molar-refractivity contribution in [2.75, 3.05) is 32.1 Å². The molecule has 3 rings (SSSR count). The standard InChI is InChI=1S/C32H45N3O5/c1-22(2)19-28(31(39)40-5)34-30(38)14-13-29(37)33-26-11-9-24(10-12-26)15-17-35-18-16-32(4,23(3)21-35)25-7-6-8-27(36)20-25/h6-12,20,22-23,28,36H,13-19,21H2,1-5H3,(H,33,37)(H,34,38). The van der Waals surface area contributed by atoms with Gasteiger partial charge < -0.3 is 25.4 Å². The van der Waals surface area contributed by atoms with Gasteiger partial charge in [-0.3, -0.25) is 9.59 Å². The summed E-state index contributed by atoms with van der Waals surface area (Å²) in [6.45, 7) is 11.5. The second-order valence-electron chi connectivity index (χ2n) is 11.7. The van der Waals surface area contributed by atoms with E-state index < -0.39 is 12.0 Å². The Morgan fingerprint density at radius 2 is 1.80 bits per heavy atom. The summed E-state index contributed by atoms with van der Waals surface area (Å²) in [6, 6.07) is 14.8. The summed E-state index contributed by atoms with van der Waals surface area (Å²) in [5, 5.41) is 15.5. The Labute approximate surface area is 238 Å². The summed E-state index contributed by atoms with van der Waals surface area (Å²) >= 11 is 0. The van der Waals surface area contributed by atoms with Crippen molar-refractivity contribution >= 4 is 23.5 Å². The Morgan fingerprint density at radius 3 is 2.42 bits per heavy atom. The summed E-state index contributed by atoms with van der Waals surface area (Å²) in [4.78, 5) is 39.1. The number of phenols is 1. The van der Waals surface area contributed by atoms with Gasteiger partial charge in [0.1, 0.15) is 11.8 Å². The van der Waals surface area contributed by atoms with E-state index in [4.69, 9.17) is 4.74 Å². The Hall–Kier alpha value is -3.39. The van der Waals surface area contributed by atoms with Gasteiger partial charge in [0.2, 0.25) is 11.8 Å². The van der Waals surface area contributed by atoms with Gasteiger partial charge in [0.15, 0.2) is 0 Å². The number of amides is 2. The number of ether oxygens (including phenoxy) is 1. The number of anilines is 1. The molecular formula is C32H45N3O5. The number of nitrogens with one attached hydrogen (secondary N) is 2. The molecule has 2 aromatic carbocycles. The number of methoxy groups -OCH3 is 1. The third-order valence-corrected chi connectivity index (χ3v) is 8.13. The molecule has 0 aliphatic carbocycles. The van der Waals surface area contributed by atoms with E-state index in [1.165, 1.54) is 18.2 Å². The normalized spacial score (nSPS) is 20.1. The van der Waals surface area contributed by atoms with Crippen molar-refractivity contribution in [3.05, 3.63) is 59.7 Å². The van der Waals surface area contributed by atoms with Gasteiger partial charge in [-0.1, -0.05) is 52.0 Å². The smallest absolute Gasteiger partial charge is 0.328 e. The van der Waals surface area contributed by atoms with E-state index in [0.717, 1.165) is 32.5 Å². The lowest BCUT2D eigenvalue weighted by Gasteiger charge is -2.45. The van der Waals surface area contributed by atoms with Crippen LogP contribution in [0.1, 0.15) is 64.5 Å². The Kier molecular flexibility index (Phi) is 11.1. The van der Waals surface area contributed by atoms with Crippen molar-refractivity contribution in [3.63, 3.8) is 0 Å². The van der Waals surface area contributed by atoms with E-state index in [0.29, 0.717) is 23.8 Å². The average molecular weight is 552 g/mol. The molecule has 1 aliphatic heterocycles. The number of esters is 1. The fourth-order valence-electron chi connectivity index (χ4n) is 5.40. The monoisotopic (exact) mass is 551 g/mol. The third-order valence-electron chi connectivity index (χ3n) is 8.13. The minimum atomic E-state index is -0.705. The molecule has 3 unspecified atom stereocenters. The first-order valence-corrected chi connectivity index (χ1v) is 14.3. The van der Waals surface area contributed by atoms with Crippen molar-refractivity contribution in [2.24, 2.45) is 11.8 Å². The first-order chi connectivity index (χ1) is 19.0. The molecule has 2 amide bonds. The van der Waals surface area contributed by atoms with Crippen molar-refractivity contribution in [3.8, 4) is 5.75 Å². The molecule has 0 spiro atoms. The van der Waals surface area contributed by atoms with E-state index in [9.17, 15) is 19.5 Å². The van der Waals surface area contributed by atoms with Gasteiger partial charge in [0.05, 0.1) is 7.11 Å². The summed E-state index contributed by atoms with van der Waals surface area (Å²) in [6.07, 6.45) is 2.46. The van der Waals surface area contributed by atoms with Gasteiger partial charge in [-0.25, -0.2) is 4.79 Å². The van der Waals surface area contributed by atoms with E-state index in [2.05, 4.69) is 35.4 Å². The summed E-state index contributed by atoms with van der Waals surface area (Å²) in [5.41, 5.74) is 3.14. The Morgan fingerprint density at radius 1 is 1.10 bits per heavy atom. The maximum atomic E-state index is 12.4. The molecule has 8 heteroatoms. The first-order valence-electron chi connectivity index (χ1n) is 14.3. The SMILES string of the molecule is COC(=O)C(CC(C)C)NC(=O)CCC(=O)Nc1ccc(CCN2CCC(C)(c3cccc(O)c3)C(C)C2)cc1. The van der Waals surface area contributed by atoms with Crippen molar-refractivity contribution in [2.45, 2.75) is 71.3 Å². The zero-order valence-corrected chi connectivity index (χ0v) is 24.5. The highest BCUT2D eigenvalue weighted by atomic mass is 16.5. The molecular weight excluding hydrogens is 506 g/mol. The van der Waals surface area contributed by atoms with Gasteiger partial charge in [0.25, 0.3) is 0 Å². The molecule has 1 aliphatic rings. The molecule has 3 atom stereocenters. The molecule has 1 heterocycles. The molecule has 3 N–H and O–H groups in total. The van der Waals surface area contributed by atoms with E-state index in [1.807, 2.05) is 50.2 Å². The molecule has 0 radical (unpaired) electrons. The zero-order chi connectivity index (χ0) is 29.3. The molecule has 0 bridgehead atoms. The van der Waals surface area contributed by atoms with Crippen molar-refractivity contribution in [1.29, 1.82) is 0 Å². The fraction of sp³-hybridized carbons (Fsp3) is 0.531. The second kappa shape index (κ2) is 14.3. The van der Waals surface area contributed by atoms with Crippen LogP contribution in [0.25, 0.3) is 0 Å². The predicted molar refractivity (Wildman–Crippen MR) is 157 cm³/mol. The van der Waals surface area contributed by atoms with Crippen LogP contribution in [-0.4, -0.2) is 60.6 Å². The van der Waals surface area contributed by atoms with Crippen LogP contribution < -0.4 is 10.6 Å². The molecule has 218 valence electrons. The van der Waals surface area contributed by atoms with Crippen molar-refractivity contribution in [1.82, 2.24) is 10.2 Å². The van der Waals surface area contributed by atoms with E-state index in [-0.39, 0.29) is 36.0 Å². The summed E-state index contributed by atoms with van der Waals surface area (Å²) in [7, 11) is 1.30. The van der Waals surface area contributed by atoms with Crippen LogP contribution in [0.15, 0.2) is 48.5 Å². The molecule has 2 aromatic rings. The number of carbonyl (C=O) groups excluding carboxylic acids is 3. The Balaban J connectivity index is 1.41. The van der Waals surface area contributed by atoms with Crippen LogP contribution in [0.5, 0.6) is 5.75 Å². The first kappa shape index (κ1) is 31.1. The number of rotatable bonds is 12. The zero-order valence-electron chi connectivity index (χ0n) is 24.5. The molecule has 0 saturated carbocycles. The number of phenolic OH excluding ortho intramolecular Hbond substituents is 1. The molecule has 1 saturated heterocycles. The highest BCUT2D eigenvalue weighted by Gasteiger charge is 2.37. The minimum absolute atomic E-state index is 0.00571. The topological polar surface area (TPSA) is 108 Å². The predicted octanol–water partition coefficient (Wildman–Crippen LogP) is 4.66. The second-order valence-corrected chi connectivity index (χ2v) is 11.7. The number of nitrogens with zero attached hydrogens (tertiary/aromatic N) is 1. The third kappa shape index (κ3) is 8.81. The quantitative estimate of drug-likeness (QED) is 0.331. The fourth-order valence-corrected chi connectivity index (χ4v) is 5.40. The average Bonchev–Trinajstić information content (AvgIpc) is 2.92. The van der Waals surface area contributed by atoms with Gasteiger partial charge in [-0.15, -0.1) is 0 Å². The van der Waals surface area contributed by atoms with Gasteiger partial charge in [-0.2, -0.15) is 0 Å². The van der Waals surface area contributed by atoms with Gasteiger partial charge >= 0.3 is 5.97 Å². The van der Waals surface area contributed by atoms with E-state index in [1.54, 1.807) is 6.07 Å². The number of hydrogen-bond acceptors (Lipinski definition) is 6. The number of likely N-dealkylation sites (tertiary alicyclic amines) is 1. The molecule has 1 fully saturated rings. The van der Waals surface area contributed by atoms with Crippen LogP contribution in [0, 0.1) is 11.8 Å². The van der Waals surface area contributed by atoms with Gasteiger partial charge in [-0.05, 0) is 78.5 Å². The number of carbonyl (C=O) groups is 3. The Bertz CT molecular complexity index is 1150. The maximum Gasteiger partial charge on any atom is 0.328 e. The summed E-state index contributed by atoms with van der Waals surface area (Å²) in [5.74, 6) is -0.0816. The number of hydrogen-bond donors (Lipinski definition) is 3. The molecule has 8 nitrogen and oxygen atoms in total. The lowest BCUT2D eigenvalue weighted by molar-refractivity contribution is -0.145. The van der Waals surface area contributed by atoms with Crippen LogP contribution in [0.2, 0.25) is 0 Å². The molecule has 40 heavy (non-hydrogen) atoms. The lowest BCUT2D eigenvalue weighted by Crippen LogP contribution is -2.47. The van der Waals surface area contributed by atoms with Crippen LogP contribution in [0.3, 0.4) is 0 Å². The summed E-state index contributed by atoms with van der Waals surface area (Å²) < 4.78 is 4.77. The van der Waals surface area contributed by atoms with Crippen LogP contribution in [-0.2, 0) is 31.0 Å². The highest BCUT2D eigenvalue weighted by Crippen LogP contribution is 2.40. The van der Waals surface area contributed by atoms with Crippen LogP contribution in [0.4, 0.5) is 5.69 Å². The molecule has 0 aromatic heterocycles. The number of aromatic hydroxyl groups is 1. The van der Waals surface area contributed by atoms with Gasteiger partial charge in [0, 0.05) is 31.6 Å².